The molecule has 0 bridgehead atoms. The van der Waals surface area contributed by atoms with Gasteiger partial charge in [0.1, 0.15) is 11.9 Å². The fourth-order valence-corrected chi connectivity index (χ4v) is 5.42. The van der Waals surface area contributed by atoms with Crippen LogP contribution < -0.4 is 4.52 Å². The largest absolute Gasteiger partial charge is 0.425 e. The summed E-state index contributed by atoms with van der Waals surface area (Å²) >= 11 is 0. The van der Waals surface area contributed by atoms with Crippen LogP contribution in [-0.2, 0) is 19.9 Å². The van der Waals surface area contributed by atoms with E-state index < -0.39 is 8.25 Å². The molecule has 0 N–H and O–H groups in total. The molecule has 2 aliphatic rings. The van der Waals surface area contributed by atoms with E-state index in [1.165, 1.54) is 11.1 Å². The quantitative estimate of drug-likeness (QED) is 0.344. The van der Waals surface area contributed by atoms with Gasteiger partial charge in [-0.25, -0.2) is 4.57 Å². The Bertz CT molecular complexity index is 1100. The normalized spacial score (nSPS) is 24.3. The lowest BCUT2D eigenvalue weighted by Gasteiger charge is -2.39. The molecule has 0 spiro atoms. The zero-order valence-corrected chi connectivity index (χ0v) is 24.6. The Kier molecular flexibility index (Phi) is 6.78. The first-order valence-electron chi connectivity index (χ1n) is 12.4. The van der Waals surface area contributed by atoms with Crippen LogP contribution >= 0.6 is 8.25 Å². The Labute approximate surface area is 208 Å². The first-order chi connectivity index (χ1) is 15.2. The van der Waals surface area contributed by atoms with Crippen molar-refractivity contribution in [1.82, 2.24) is 0 Å². The van der Waals surface area contributed by atoms with E-state index >= 15 is 0 Å². The van der Waals surface area contributed by atoms with Crippen LogP contribution in [0.2, 0.25) is 0 Å². The molecule has 1 aliphatic heterocycles. The van der Waals surface area contributed by atoms with Crippen LogP contribution in [0, 0.1) is 10.8 Å². The maximum absolute atomic E-state index is 13.3. The minimum absolute atomic E-state index is 0.0223. The highest BCUT2D eigenvalue weighted by atomic mass is 31.1. The Morgan fingerprint density at radius 2 is 1.35 bits per heavy atom. The van der Waals surface area contributed by atoms with Crippen LogP contribution in [0.4, 0.5) is 0 Å². The molecular formula is C30H45O3P. The predicted octanol–water partition coefficient (Wildman–Crippen LogP) is 9.18. The van der Waals surface area contributed by atoms with E-state index in [-0.39, 0.29) is 27.8 Å². The molecule has 0 aromatic heterocycles. The Morgan fingerprint density at radius 1 is 0.765 bits per heavy atom. The zero-order valence-electron chi connectivity index (χ0n) is 23.6. The smallest absolute Gasteiger partial charge is 0.368 e. The van der Waals surface area contributed by atoms with Crippen LogP contribution in [0.25, 0.3) is 5.57 Å². The van der Waals surface area contributed by atoms with E-state index in [0.29, 0.717) is 5.75 Å². The summed E-state index contributed by atoms with van der Waals surface area (Å²) in [4.78, 5) is 0. The molecule has 188 valence electrons. The van der Waals surface area contributed by atoms with Crippen molar-refractivity contribution >= 4 is 13.8 Å². The summed E-state index contributed by atoms with van der Waals surface area (Å²) in [5, 5.41) is 0. The molecule has 3 rings (SSSR count). The second-order valence-electron chi connectivity index (χ2n) is 14.0. The van der Waals surface area contributed by atoms with E-state index in [2.05, 4.69) is 114 Å². The lowest BCUT2D eigenvalue weighted by atomic mass is 9.71. The van der Waals surface area contributed by atoms with Crippen LogP contribution in [-0.4, -0.2) is 6.10 Å². The average molecular weight is 485 g/mol. The highest BCUT2D eigenvalue weighted by molar-refractivity contribution is 7.33. The number of rotatable bonds is 0. The van der Waals surface area contributed by atoms with Crippen LogP contribution in [0.15, 0.2) is 41.0 Å². The van der Waals surface area contributed by atoms with Gasteiger partial charge in [0.25, 0.3) is 0 Å². The Hall–Kier alpha value is -1.57. The van der Waals surface area contributed by atoms with Gasteiger partial charge in [0.05, 0.1) is 0 Å². The van der Waals surface area contributed by atoms with Gasteiger partial charge in [0.2, 0.25) is 0 Å². The molecule has 0 saturated heterocycles. The van der Waals surface area contributed by atoms with Gasteiger partial charge in [-0.05, 0) is 62.5 Å². The average Bonchev–Trinajstić information content (AvgIpc) is 2.63. The van der Waals surface area contributed by atoms with Crippen molar-refractivity contribution in [3.05, 3.63) is 57.7 Å². The predicted molar refractivity (Wildman–Crippen MR) is 146 cm³/mol. The van der Waals surface area contributed by atoms with Gasteiger partial charge in [0.15, 0.2) is 0 Å². The molecular weight excluding hydrogens is 439 g/mol. The third kappa shape index (κ3) is 5.31. The molecule has 1 aromatic rings. The highest BCUT2D eigenvalue weighted by Crippen LogP contribution is 2.52. The molecule has 34 heavy (non-hydrogen) atoms. The lowest BCUT2D eigenvalue weighted by molar-refractivity contribution is 0.225. The van der Waals surface area contributed by atoms with E-state index in [1.807, 2.05) is 0 Å². The molecule has 2 atom stereocenters. The van der Waals surface area contributed by atoms with Crippen LogP contribution in [0.1, 0.15) is 107 Å². The van der Waals surface area contributed by atoms with Gasteiger partial charge in [-0.2, -0.15) is 0 Å². The first kappa shape index (κ1) is 27.0. The number of hydrogen-bond acceptors (Lipinski definition) is 3. The second-order valence-corrected chi connectivity index (χ2v) is 15.0. The second kappa shape index (κ2) is 8.52. The molecule has 0 saturated carbocycles. The van der Waals surface area contributed by atoms with Crippen molar-refractivity contribution in [3.63, 3.8) is 0 Å². The molecule has 4 heteroatoms. The molecule has 0 radical (unpaired) electrons. The SMILES string of the molecule is C/C1=C2\C=C(C(C)(C)C)C=C(C(C)(C)C)C2O[PH](=O)Oc2c1cc(C(C)(C)C)cc2C(C)(C)C. The Morgan fingerprint density at radius 3 is 1.82 bits per heavy atom. The fraction of sp³-hybridized carbons (Fsp3) is 0.600. The number of allylic oxidation sites excluding steroid dienone is 3. The van der Waals surface area contributed by atoms with Gasteiger partial charge >= 0.3 is 8.25 Å². The van der Waals surface area contributed by atoms with Crippen molar-refractivity contribution < 1.29 is 13.6 Å². The van der Waals surface area contributed by atoms with Crippen molar-refractivity contribution in [1.29, 1.82) is 0 Å². The first-order valence-corrected chi connectivity index (χ1v) is 13.7. The number of fused-ring (bicyclic) bond motifs is 2. The molecule has 2 unspecified atom stereocenters. The minimum atomic E-state index is -2.78. The van der Waals surface area contributed by atoms with Gasteiger partial charge in [0, 0.05) is 11.1 Å². The summed E-state index contributed by atoms with van der Waals surface area (Å²) in [6.07, 6.45) is 4.13. The zero-order chi connectivity index (χ0) is 26.0. The maximum Gasteiger partial charge on any atom is 0.368 e. The highest BCUT2D eigenvalue weighted by Gasteiger charge is 2.38. The van der Waals surface area contributed by atoms with E-state index in [0.717, 1.165) is 27.8 Å². The summed E-state index contributed by atoms with van der Waals surface area (Å²) in [7, 11) is -2.78. The van der Waals surface area contributed by atoms with Gasteiger partial charge < -0.3 is 4.52 Å². The van der Waals surface area contributed by atoms with Crippen LogP contribution in [0.5, 0.6) is 5.75 Å². The van der Waals surface area contributed by atoms with Crippen molar-refractivity contribution in [2.24, 2.45) is 10.8 Å². The topological polar surface area (TPSA) is 35.5 Å². The monoisotopic (exact) mass is 484 g/mol. The summed E-state index contributed by atoms with van der Waals surface area (Å²) in [6, 6.07) is 4.47. The number of hydrogen-bond donors (Lipinski definition) is 0. The molecule has 0 amide bonds. The summed E-state index contributed by atoms with van der Waals surface area (Å²) in [5.74, 6) is 0.699. The fourth-order valence-electron chi connectivity index (χ4n) is 4.54. The van der Waals surface area contributed by atoms with Crippen molar-refractivity contribution in [3.8, 4) is 5.75 Å². The van der Waals surface area contributed by atoms with Crippen LogP contribution in [0.3, 0.4) is 0 Å². The van der Waals surface area contributed by atoms with Gasteiger partial charge in [-0.15, -0.1) is 0 Å². The van der Waals surface area contributed by atoms with E-state index in [4.69, 9.17) is 9.05 Å². The summed E-state index contributed by atoms with van der Waals surface area (Å²) in [5.41, 5.74) is 7.59. The minimum Gasteiger partial charge on any atom is -0.425 e. The van der Waals surface area contributed by atoms with E-state index in [1.54, 1.807) is 0 Å². The third-order valence-corrected chi connectivity index (χ3v) is 7.72. The van der Waals surface area contributed by atoms with E-state index in [9.17, 15) is 4.57 Å². The number of benzene rings is 1. The van der Waals surface area contributed by atoms with Crippen molar-refractivity contribution in [2.75, 3.05) is 0 Å². The molecule has 3 nitrogen and oxygen atoms in total. The Balaban J connectivity index is 2.46. The van der Waals surface area contributed by atoms with Gasteiger partial charge in [-0.3, -0.25) is 4.52 Å². The molecule has 1 aliphatic carbocycles. The maximum atomic E-state index is 13.3. The van der Waals surface area contributed by atoms with Crippen molar-refractivity contribution in [2.45, 2.75) is 107 Å². The lowest BCUT2D eigenvalue weighted by Crippen LogP contribution is -2.30. The van der Waals surface area contributed by atoms with Gasteiger partial charge in [-0.1, -0.05) is 101 Å². The molecule has 0 fully saturated rings. The standard InChI is InChI=1S/C30H45O3P/c1-18-21-14-19(27(2,3)4)16-23(29(8,9)10)25(21)32-34(31)33-26-22(18)15-20(28(5,6)7)17-24(26)30(11,12)13/h14-17,25,34H,1-13H3/b21-18-. The molecule has 1 heterocycles. The summed E-state index contributed by atoms with van der Waals surface area (Å²) in [6.45, 7) is 28.7. The summed E-state index contributed by atoms with van der Waals surface area (Å²) < 4.78 is 25.8. The third-order valence-electron chi connectivity index (χ3n) is 6.92. The molecule has 1 aromatic carbocycles.